The van der Waals surface area contributed by atoms with Gasteiger partial charge in [-0.15, -0.1) is 0 Å². The van der Waals surface area contributed by atoms with Crippen molar-refractivity contribution in [1.29, 1.82) is 0 Å². The Balaban J connectivity index is 2.05. The Morgan fingerprint density at radius 3 is 1.85 bits per heavy atom. The Kier molecular flexibility index (Phi) is 12.0. The number of aryl methyl sites for hydroxylation is 1. The predicted octanol–water partition coefficient (Wildman–Crippen LogP) is 8.68. The number of hydrogen-bond donors (Lipinski definition) is 0. The first-order valence-corrected chi connectivity index (χ1v) is 15.5. The van der Waals surface area contributed by atoms with Crippen LogP contribution in [0.2, 0.25) is 0 Å². The summed E-state index contributed by atoms with van der Waals surface area (Å²) in [6, 6.07) is 10.9. The largest absolute Gasteiger partial charge is 0.462 e. The molecule has 0 spiro atoms. The zero-order valence-corrected chi connectivity index (χ0v) is 26.2. The van der Waals surface area contributed by atoms with Gasteiger partial charge in [-0.05, 0) is 92.5 Å². The van der Waals surface area contributed by atoms with Crippen molar-refractivity contribution in [3.05, 3.63) is 76.4 Å². The van der Waals surface area contributed by atoms with Crippen molar-refractivity contribution < 1.29 is 22.1 Å². The molecule has 0 saturated carbocycles. The van der Waals surface area contributed by atoms with Gasteiger partial charge in [0.1, 0.15) is 0 Å². The van der Waals surface area contributed by atoms with Gasteiger partial charge in [0.2, 0.25) is 0 Å². The zero-order chi connectivity index (χ0) is 29.5. The molecule has 0 aliphatic carbocycles. The van der Waals surface area contributed by atoms with Crippen LogP contribution < -0.4 is 0 Å². The van der Waals surface area contributed by atoms with Crippen molar-refractivity contribution >= 4 is 16.1 Å². The van der Waals surface area contributed by atoms with E-state index in [-0.39, 0.29) is 35.2 Å². The Morgan fingerprint density at radius 2 is 1.38 bits per heavy atom. The number of benzene rings is 2. The standard InChI is InChI=1S/C33H48O5S/c1-21(2)27(14-13-26(10)38-39(35,36)29-15-11-25(9)12-16-29)17-18-37-33(34)32-30(23(5)6)19-28(22(3)4)20-31(32)24(7)8/h11-12,15-16,19-20,22-24,26-27H,1,13-14,17-18H2,2-10H3/t26?,27-/m1/s1. The van der Waals surface area contributed by atoms with Crippen LogP contribution in [0.25, 0.3) is 0 Å². The summed E-state index contributed by atoms with van der Waals surface area (Å²) in [6.45, 7) is 22.8. The van der Waals surface area contributed by atoms with E-state index in [0.29, 0.717) is 30.7 Å². The smallest absolute Gasteiger partial charge is 0.338 e. The average molecular weight is 557 g/mol. The van der Waals surface area contributed by atoms with Gasteiger partial charge in [0, 0.05) is 0 Å². The molecule has 0 amide bonds. The maximum Gasteiger partial charge on any atom is 0.338 e. The highest BCUT2D eigenvalue weighted by atomic mass is 32.2. The topological polar surface area (TPSA) is 69.7 Å². The summed E-state index contributed by atoms with van der Waals surface area (Å²) in [4.78, 5) is 13.5. The van der Waals surface area contributed by atoms with Crippen molar-refractivity contribution in [2.24, 2.45) is 5.92 Å². The number of allylic oxidation sites excluding steroid dienone is 1. The predicted molar refractivity (Wildman–Crippen MR) is 160 cm³/mol. The first-order valence-electron chi connectivity index (χ1n) is 14.1. The van der Waals surface area contributed by atoms with E-state index >= 15 is 0 Å². The fourth-order valence-electron chi connectivity index (χ4n) is 4.66. The molecule has 0 saturated heterocycles. The maximum absolute atomic E-state index is 13.4. The minimum Gasteiger partial charge on any atom is -0.462 e. The van der Waals surface area contributed by atoms with E-state index in [9.17, 15) is 13.2 Å². The third-order valence-electron chi connectivity index (χ3n) is 7.26. The van der Waals surface area contributed by atoms with Crippen molar-refractivity contribution in [1.82, 2.24) is 0 Å². The highest BCUT2D eigenvalue weighted by molar-refractivity contribution is 7.86. The molecule has 2 aromatic rings. The van der Waals surface area contributed by atoms with Gasteiger partial charge >= 0.3 is 5.97 Å². The van der Waals surface area contributed by atoms with Gasteiger partial charge < -0.3 is 4.74 Å². The van der Waals surface area contributed by atoms with Crippen molar-refractivity contribution in [2.75, 3.05) is 6.61 Å². The van der Waals surface area contributed by atoms with Gasteiger partial charge in [0.15, 0.2) is 0 Å². The van der Waals surface area contributed by atoms with Gasteiger partial charge in [0.05, 0.1) is 23.2 Å². The van der Waals surface area contributed by atoms with Crippen molar-refractivity contribution in [3.63, 3.8) is 0 Å². The summed E-state index contributed by atoms with van der Waals surface area (Å²) in [6.07, 6.45) is 1.37. The van der Waals surface area contributed by atoms with Gasteiger partial charge in [-0.1, -0.05) is 83.5 Å². The molecule has 0 aliphatic heterocycles. The number of carbonyl (C=O) groups is 1. The molecule has 2 atom stereocenters. The van der Waals surface area contributed by atoms with Gasteiger partial charge in [-0.2, -0.15) is 8.42 Å². The van der Waals surface area contributed by atoms with Crippen LogP contribution in [-0.4, -0.2) is 27.1 Å². The fraction of sp³-hybridized carbons (Fsp3) is 0.545. The van der Waals surface area contributed by atoms with Crippen molar-refractivity contribution in [3.8, 4) is 0 Å². The minimum atomic E-state index is -3.83. The molecule has 1 unspecified atom stereocenters. The number of carbonyl (C=O) groups excluding carboxylic acids is 1. The summed E-state index contributed by atoms with van der Waals surface area (Å²) in [5.41, 5.74) is 5.97. The van der Waals surface area contributed by atoms with Gasteiger partial charge in [-0.3, -0.25) is 4.18 Å². The molecule has 0 fully saturated rings. The molecule has 6 heteroatoms. The molecule has 216 valence electrons. The highest BCUT2D eigenvalue weighted by Crippen LogP contribution is 2.33. The number of esters is 1. The van der Waals surface area contributed by atoms with E-state index in [2.05, 4.69) is 60.3 Å². The van der Waals surface area contributed by atoms with Crippen LogP contribution in [0.5, 0.6) is 0 Å². The van der Waals surface area contributed by atoms with Crippen LogP contribution in [0.4, 0.5) is 0 Å². The third kappa shape index (κ3) is 9.32. The molecule has 0 heterocycles. The summed E-state index contributed by atoms with van der Waals surface area (Å²) < 4.78 is 36.5. The molecular formula is C33H48O5S. The fourth-order valence-corrected chi connectivity index (χ4v) is 5.76. The molecule has 0 aliphatic rings. The summed E-state index contributed by atoms with van der Waals surface area (Å²) in [7, 11) is -3.83. The van der Waals surface area contributed by atoms with Crippen LogP contribution >= 0.6 is 0 Å². The molecule has 0 bridgehead atoms. The average Bonchev–Trinajstić information content (AvgIpc) is 2.84. The lowest BCUT2D eigenvalue weighted by molar-refractivity contribution is 0.0480. The molecule has 2 rings (SSSR count). The van der Waals surface area contributed by atoms with Crippen LogP contribution in [0.15, 0.2) is 53.4 Å². The lowest BCUT2D eigenvalue weighted by Gasteiger charge is -2.23. The van der Waals surface area contributed by atoms with E-state index in [1.54, 1.807) is 31.2 Å². The van der Waals surface area contributed by atoms with Crippen LogP contribution in [0, 0.1) is 12.8 Å². The third-order valence-corrected chi connectivity index (χ3v) is 8.69. The van der Waals surface area contributed by atoms with E-state index in [1.165, 1.54) is 5.56 Å². The van der Waals surface area contributed by atoms with E-state index < -0.39 is 16.2 Å². The van der Waals surface area contributed by atoms with E-state index in [4.69, 9.17) is 8.92 Å². The minimum absolute atomic E-state index is 0.0865. The second-order valence-corrected chi connectivity index (χ2v) is 13.3. The van der Waals surface area contributed by atoms with Gasteiger partial charge in [0.25, 0.3) is 10.1 Å². The highest BCUT2D eigenvalue weighted by Gasteiger charge is 2.24. The molecule has 0 radical (unpaired) electrons. The maximum atomic E-state index is 13.4. The van der Waals surface area contributed by atoms with E-state index in [0.717, 1.165) is 22.3 Å². The number of hydrogen-bond acceptors (Lipinski definition) is 5. The first kappa shape index (κ1) is 32.8. The molecule has 2 aromatic carbocycles. The first-order chi connectivity index (χ1) is 18.1. The number of rotatable bonds is 14. The van der Waals surface area contributed by atoms with Crippen molar-refractivity contribution in [2.45, 2.75) is 110 Å². The lowest BCUT2D eigenvalue weighted by atomic mass is 9.84. The number of ether oxygens (including phenoxy) is 1. The molecule has 0 N–H and O–H groups in total. The Hall–Kier alpha value is -2.44. The summed E-state index contributed by atoms with van der Waals surface area (Å²) in [5.74, 6) is 0.580. The molecule has 5 nitrogen and oxygen atoms in total. The summed E-state index contributed by atoms with van der Waals surface area (Å²) in [5, 5.41) is 0. The monoisotopic (exact) mass is 556 g/mol. The Labute approximate surface area is 237 Å². The molecular weight excluding hydrogens is 508 g/mol. The van der Waals surface area contributed by atoms with E-state index in [1.807, 2.05) is 13.8 Å². The Bertz CT molecular complexity index is 1190. The SMILES string of the molecule is C=C(C)[C@@H](CCOC(=O)c1c(C(C)C)cc(C(C)C)cc1C(C)C)CCC(C)OS(=O)(=O)c1ccc(C)cc1. The molecule has 39 heavy (non-hydrogen) atoms. The quantitative estimate of drug-likeness (QED) is 0.132. The van der Waals surface area contributed by atoms with Crippen LogP contribution in [0.3, 0.4) is 0 Å². The van der Waals surface area contributed by atoms with Gasteiger partial charge in [-0.25, -0.2) is 4.79 Å². The molecule has 0 aromatic heterocycles. The van der Waals surface area contributed by atoms with Crippen LogP contribution in [-0.2, 0) is 19.0 Å². The summed E-state index contributed by atoms with van der Waals surface area (Å²) >= 11 is 0. The zero-order valence-electron chi connectivity index (χ0n) is 25.3. The van der Waals surface area contributed by atoms with Crippen LogP contribution in [0.1, 0.15) is 125 Å². The normalized spacial score (nSPS) is 13.6. The lowest BCUT2D eigenvalue weighted by Crippen LogP contribution is -2.19. The second kappa shape index (κ2) is 14.3. The second-order valence-electron chi connectivity index (χ2n) is 11.8. The Morgan fingerprint density at radius 1 is 0.846 bits per heavy atom.